The van der Waals surface area contributed by atoms with Gasteiger partial charge in [-0.15, -0.1) is 0 Å². The van der Waals surface area contributed by atoms with Gasteiger partial charge in [-0.2, -0.15) is 0 Å². The maximum absolute atomic E-state index is 13.0. The Kier molecular flexibility index (Phi) is 6.70. The van der Waals surface area contributed by atoms with E-state index in [0.29, 0.717) is 24.6 Å². The van der Waals surface area contributed by atoms with Crippen LogP contribution in [0.5, 0.6) is 11.5 Å². The summed E-state index contributed by atoms with van der Waals surface area (Å²) in [7, 11) is 0. The molecule has 0 N–H and O–H groups in total. The molecule has 28 heavy (non-hydrogen) atoms. The van der Waals surface area contributed by atoms with Crippen molar-refractivity contribution >= 4 is 5.78 Å². The molecular weight excluding hydrogens is 352 g/mol. The molecule has 0 unspecified atom stereocenters. The first kappa shape index (κ1) is 20.4. The predicted molar refractivity (Wildman–Crippen MR) is 112 cm³/mol. The van der Waals surface area contributed by atoms with Gasteiger partial charge in [0, 0.05) is 11.1 Å². The van der Waals surface area contributed by atoms with E-state index in [4.69, 9.17) is 9.47 Å². The Hall–Kier alpha value is -2.37. The summed E-state index contributed by atoms with van der Waals surface area (Å²) >= 11 is 0. The van der Waals surface area contributed by atoms with Crippen LogP contribution < -0.4 is 9.47 Å². The van der Waals surface area contributed by atoms with Gasteiger partial charge < -0.3 is 9.47 Å². The van der Waals surface area contributed by atoms with Gasteiger partial charge in [-0.25, -0.2) is 0 Å². The van der Waals surface area contributed by atoms with Gasteiger partial charge in [0.2, 0.25) is 0 Å². The molecule has 0 aromatic heterocycles. The topological polar surface area (TPSA) is 42.0 Å². The number of carbonyl (C=O) groups is 1. The number of ether oxygens (including phenoxy) is 2. The molecule has 0 fully saturated rings. The van der Waals surface area contributed by atoms with E-state index in [0.717, 1.165) is 48.8 Å². The molecule has 0 radical (unpaired) electrons. The number of rotatable bonds is 10. The fraction of sp³-hybridized carbons (Fsp3) is 0.435. The second kappa shape index (κ2) is 9.22. The van der Waals surface area contributed by atoms with Crippen LogP contribution in [-0.2, 0) is 0 Å². The molecule has 1 aliphatic rings. The van der Waals surface area contributed by atoms with E-state index in [1.807, 2.05) is 36.4 Å². The van der Waals surface area contributed by atoms with Crippen molar-refractivity contribution in [2.75, 3.05) is 39.6 Å². The first-order valence-electron chi connectivity index (χ1n) is 10.1. The Morgan fingerprint density at radius 1 is 0.643 bits per heavy atom. The Balaban J connectivity index is 1.76. The second-order valence-electron chi connectivity index (χ2n) is 6.90. The van der Waals surface area contributed by atoms with Gasteiger partial charge in [-0.05, 0) is 73.7 Å². The van der Waals surface area contributed by atoms with Crippen molar-refractivity contribution in [1.29, 1.82) is 0 Å². The zero-order valence-corrected chi connectivity index (χ0v) is 17.3. The van der Waals surface area contributed by atoms with Crippen LogP contribution in [0.2, 0.25) is 0 Å². The molecule has 0 aliphatic heterocycles. The maximum Gasteiger partial charge on any atom is 0.194 e. The average molecular weight is 383 g/mol. The third kappa shape index (κ3) is 4.21. The molecule has 0 saturated carbocycles. The van der Waals surface area contributed by atoms with Crippen LogP contribution in [-0.4, -0.2) is 55.2 Å². The molecule has 5 nitrogen and oxygen atoms in total. The highest BCUT2D eigenvalue weighted by atomic mass is 16.5. The Labute approximate surface area is 167 Å². The lowest BCUT2D eigenvalue weighted by Gasteiger charge is -2.18. The summed E-state index contributed by atoms with van der Waals surface area (Å²) < 4.78 is 11.8. The van der Waals surface area contributed by atoms with Crippen molar-refractivity contribution in [2.45, 2.75) is 27.7 Å². The van der Waals surface area contributed by atoms with E-state index in [1.165, 1.54) is 0 Å². The molecule has 5 heteroatoms. The van der Waals surface area contributed by atoms with Crippen molar-refractivity contribution in [3.8, 4) is 22.6 Å². The zero-order chi connectivity index (χ0) is 20.1. The first-order valence-corrected chi connectivity index (χ1v) is 10.1. The molecule has 0 amide bonds. The van der Waals surface area contributed by atoms with Crippen LogP contribution in [0, 0.1) is 0 Å². The lowest BCUT2D eigenvalue weighted by atomic mass is 10.1. The molecule has 1 aliphatic carbocycles. The maximum atomic E-state index is 13.0. The molecule has 150 valence electrons. The number of hydrogen-bond donors (Lipinski definition) is 0. The van der Waals surface area contributed by atoms with E-state index < -0.39 is 0 Å². The molecule has 0 saturated heterocycles. The monoisotopic (exact) mass is 382 g/mol. The number of hydrogen-bond acceptors (Lipinski definition) is 5. The molecular formula is C23H30N2O3. The largest absolute Gasteiger partial charge is 0.478 e. The van der Waals surface area contributed by atoms with Gasteiger partial charge in [0.15, 0.2) is 5.78 Å². The summed E-state index contributed by atoms with van der Waals surface area (Å²) in [6, 6.07) is 11.6. The molecule has 0 spiro atoms. The SMILES string of the molecule is CCN(CC)COc1ccc2c(c1)C(=O)c1cc(OCN(CC)CC)ccc1-2. The van der Waals surface area contributed by atoms with Crippen LogP contribution in [0.25, 0.3) is 11.1 Å². The fourth-order valence-corrected chi connectivity index (χ4v) is 3.36. The van der Waals surface area contributed by atoms with Gasteiger partial charge in [0.05, 0.1) is 0 Å². The van der Waals surface area contributed by atoms with E-state index >= 15 is 0 Å². The minimum Gasteiger partial charge on any atom is -0.478 e. The smallest absolute Gasteiger partial charge is 0.194 e. The summed E-state index contributed by atoms with van der Waals surface area (Å²) in [6.07, 6.45) is 0. The highest BCUT2D eigenvalue weighted by Crippen LogP contribution is 2.39. The van der Waals surface area contributed by atoms with Gasteiger partial charge in [0.25, 0.3) is 0 Å². The van der Waals surface area contributed by atoms with Crippen LogP contribution in [0.1, 0.15) is 43.6 Å². The number of nitrogens with zero attached hydrogens (tertiary/aromatic N) is 2. The molecule has 2 aromatic rings. The minimum atomic E-state index is 0.0339. The number of fused-ring (bicyclic) bond motifs is 3. The predicted octanol–water partition coefficient (Wildman–Crippen LogP) is 4.25. The van der Waals surface area contributed by atoms with Crippen LogP contribution >= 0.6 is 0 Å². The van der Waals surface area contributed by atoms with Gasteiger partial charge in [-0.1, -0.05) is 27.7 Å². The number of carbonyl (C=O) groups excluding carboxylic acids is 1. The summed E-state index contributed by atoms with van der Waals surface area (Å²) in [4.78, 5) is 17.3. The Morgan fingerprint density at radius 3 is 1.39 bits per heavy atom. The third-order valence-corrected chi connectivity index (χ3v) is 5.38. The van der Waals surface area contributed by atoms with Crippen LogP contribution in [0.3, 0.4) is 0 Å². The van der Waals surface area contributed by atoms with Crippen molar-refractivity contribution < 1.29 is 14.3 Å². The second-order valence-corrected chi connectivity index (χ2v) is 6.90. The van der Waals surface area contributed by atoms with E-state index in [2.05, 4.69) is 37.5 Å². The van der Waals surface area contributed by atoms with Crippen LogP contribution in [0.4, 0.5) is 0 Å². The molecule has 0 atom stereocenters. The fourth-order valence-electron chi connectivity index (χ4n) is 3.36. The van der Waals surface area contributed by atoms with E-state index in [1.54, 1.807) is 0 Å². The Bertz CT molecular complexity index is 759. The number of benzene rings is 2. The van der Waals surface area contributed by atoms with Crippen LogP contribution in [0.15, 0.2) is 36.4 Å². The molecule has 0 bridgehead atoms. The normalized spacial score (nSPS) is 12.4. The summed E-state index contributed by atoms with van der Waals surface area (Å²) in [6.45, 7) is 13.2. The van der Waals surface area contributed by atoms with E-state index in [9.17, 15) is 4.79 Å². The third-order valence-electron chi connectivity index (χ3n) is 5.38. The van der Waals surface area contributed by atoms with Crippen molar-refractivity contribution in [1.82, 2.24) is 9.80 Å². The Morgan fingerprint density at radius 2 is 1.04 bits per heavy atom. The van der Waals surface area contributed by atoms with Gasteiger partial charge in [-0.3, -0.25) is 14.6 Å². The van der Waals surface area contributed by atoms with E-state index in [-0.39, 0.29) is 5.78 Å². The first-order chi connectivity index (χ1) is 13.6. The molecule has 3 rings (SSSR count). The summed E-state index contributed by atoms with van der Waals surface area (Å²) in [5.74, 6) is 1.49. The lowest BCUT2D eigenvalue weighted by molar-refractivity contribution is 0.104. The van der Waals surface area contributed by atoms with Gasteiger partial charge >= 0.3 is 0 Å². The average Bonchev–Trinajstić information content (AvgIpc) is 3.01. The molecule has 0 heterocycles. The quantitative estimate of drug-likeness (QED) is 0.490. The van der Waals surface area contributed by atoms with Gasteiger partial charge in [0.1, 0.15) is 25.0 Å². The van der Waals surface area contributed by atoms with Crippen molar-refractivity contribution in [2.24, 2.45) is 0 Å². The summed E-state index contributed by atoms with van der Waals surface area (Å²) in [5, 5.41) is 0. The highest BCUT2D eigenvalue weighted by Gasteiger charge is 2.27. The standard InChI is InChI=1S/C23H30N2O3/c1-5-24(6-2)15-27-17-9-11-19-20-12-10-18(28-16-25(7-3)8-4)14-22(20)23(26)21(19)13-17/h9-14H,5-8,15-16H2,1-4H3. The highest BCUT2D eigenvalue weighted by molar-refractivity contribution is 6.22. The number of ketones is 1. The van der Waals surface area contributed by atoms with Crippen molar-refractivity contribution in [3.63, 3.8) is 0 Å². The molecule has 2 aromatic carbocycles. The zero-order valence-electron chi connectivity index (χ0n) is 17.3. The minimum absolute atomic E-state index is 0.0339. The summed E-state index contributed by atoms with van der Waals surface area (Å²) in [5.41, 5.74) is 3.33. The van der Waals surface area contributed by atoms with Crippen molar-refractivity contribution in [3.05, 3.63) is 47.5 Å². The lowest BCUT2D eigenvalue weighted by Crippen LogP contribution is -2.27.